The lowest BCUT2D eigenvalue weighted by Gasteiger charge is -2.23. The van der Waals surface area contributed by atoms with Crippen LogP contribution < -0.4 is 0 Å². The Morgan fingerprint density at radius 1 is 0.262 bits per heavy atom. The minimum absolute atomic E-state index is 0.0207. The number of ether oxygens (including phenoxy) is 2. The topological polar surface area (TPSA) is 96.5 Å². The average molecular weight is 1190 g/mol. The molecule has 9 nitrogen and oxygen atoms in total. The van der Waals surface area contributed by atoms with E-state index in [2.05, 4.69) is 63.3 Å². The predicted octanol–water partition coefficient (Wildman–Crippen LogP) is 22.1. The number of hydrogen-bond acceptors (Lipinski definition) is 7. The van der Waals surface area contributed by atoms with Crippen LogP contribution in [-0.4, -0.2) is 98.0 Å². The molecule has 2 amide bonds. The van der Waals surface area contributed by atoms with Gasteiger partial charge >= 0.3 is 11.9 Å². The lowest BCUT2D eigenvalue weighted by Crippen LogP contribution is -2.32. The van der Waals surface area contributed by atoms with Crippen molar-refractivity contribution in [2.45, 2.75) is 388 Å². The van der Waals surface area contributed by atoms with Gasteiger partial charge in [0.25, 0.3) is 0 Å². The predicted molar refractivity (Wildman–Crippen MR) is 363 cm³/mol. The minimum Gasteiger partial charge on any atom is -0.465 e. The molecule has 0 bridgehead atoms. The van der Waals surface area contributed by atoms with E-state index in [4.69, 9.17) is 9.47 Å². The zero-order valence-electron chi connectivity index (χ0n) is 57.8. The molecule has 2 unspecified atom stereocenters. The van der Waals surface area contributed by atoms with Crippen molar-refractivity contribution in [1.82, 2.24) is 14.7 Å². The van der Waals surface area contributed by atoms with Crippen molar-refractivity contribution in [1.29, 1.82) is 0 Å². The van der Waals surface area contributed by atoms with E-state index < -0.39 is 0 Å². The fraction of sp³-hybridized carbons (Fsp3) is 0.947. The van der Waals surface area contributed by atoms with Gasteiger partial charge in [0.2, 0.25) is 11.8 Å². The van der Waals surface area contributed by atoms with Crippen molar-refractivity contribution < 1.29 is 28.7 Å². The van der Waals surface area contributed by atoms with E-state index in [0.717, 1.165) is 129 Å². The van der Waals surface area contributed by atoms with Gasteiger partial charge in [0.1, 0.15) is 0 Å². The van der Waals surface area contributed by atoms with Gasteiger partial charge in [-0.2, -0.15) is 0 Å². The molecule has 2 atom stereocenters. The summed E-state index contributed by atoms with van der Waals surface area (Å²) in [5, 5.41) is 0. The second-order valence-electron chi connectivity index (χ2n) is 26.5. The molecule has 0 radical (unpaired) electrons. The molecule has 0 aromatic carbocycles. The maximum absolute atomic E-state index is 13.4. The molecule has 0 spiro atoms. The molecule has 0 aromatic rings. The summed E-state index contributed by atoms with van der Waals surface area (Å²) in [4.78, 5) is 59.1. The number of nitrogens with zero attached hydrogens (tertiary/aromatic N) is 3. The van der Waals surface area contributed by atoms with E-state index >= 15 is 0 Å². The van der Waals surface area contributed by atoms with Crippen LogP contribution in [0.1, 0.15) is 388 Å². The van der Waals surface area contributed by atoms with E-state index in [1.54, 1.807) is 0 Å². The Labute approximate surface area is 524 Å². The molecule has 0 aliphatic rings. The van der Waals surface area contributed by atoms with E-state index in [-0.39, 0.29) is 11.9 Å². The van der Waals surface area contributed by atoms with E-state index in [1.807, 2.05) is 0 Å². The number of unbranched alkanes of at least 4 members (excludes halogenated alkanes) is 36. The van der Waals surface area contributed by atoms with Crippen molar-refractivity contribution in [2.24, 2.45) is 11.8 Å². The Kier molecular flexibility index (Phi) is 63.6. The van der Waals surface area contributed by atoms with E-state index in [0.29, 0.717) is 62.5 Å². The summed E-state index contributed by atoms with van der Waals surface area (Å²) in [6.45, 7) is 20.5. The highest BCUT2D eigenvalue weighted by Crippen LogP contribution is 2.23. The molecule has 0 heterocycles. The number of amides is 2. The van der Waals surface area contributed by atoms with E-state index in [1.165, 1.54) is 231 Å². The summed E-state index contributed by atoms with van der Waals surface area (Å²) >= 11 is 0. The fourth-order valence-corrected chi connectivity index (χ4v) is 12.2. The van der Waals surface area contributed by atoms with Gasteiger partial charge in [-0.05, 0) is 122 Å². The van der Waals surface area contributed by atoms with Gasteiger partial charge < -0.3 is 24.2 Å². The van der Waals surface area contributed by atoms with Crippen LogP contribution in [0.2, 0.25) is 0 Å². The van der Waals surface area contributed by atoms with Crippen LogP contribution in [0.3, 0.4) is 0 Å². The highest BCUT2D eigenvalue weighted by Gasteiger charge is 2.17. The first kappa shape index (κ1) is 81.8. The summed E-state index contributed by atoms with van der Waals surface area (Å²) in [5.41, 5.74) is 0. The van der Waals surface area contributed by atoms with Gasteiger partial charge in [-0.15, -0.1) is 0 Å². The number of rotatable bonds is 68. The number of carbonyl (C=O) groups excluding carboxylic acids is 4. The SMILES string of the molecule is CCCCCCCCC(CCCCCC)COC(=O)CCCCCCN(CCCCCC)C(=O)CCCCCCCN(C)CCCCCCCC(=O)N(CCCCCC)CCCCCCC(=O)OCC(CCCCCC)CCCCCCCC. The maximum atomic E-state index is 13.4. The average Bonchev–Trinajstić information content (AvgIpc) is 3.50. The lowest BCUT2D eigenvalue weighted by atomic mass is 9.95. The Morgan fingerprint density at radius 2 is 0.476 bits per heavy atom. The number of esters is 2. The van der Waals surface area contributed by atoms with Gasteiger partial charge in [0, 0.05) is 51.9 Å². The first-order valence-electron chi connectivity index (χ1n) is 37.7. The van der Waals surface area contributed by atoms with Crippen LogP contribution in [0.5, 0.6) is 0 Å². The standard InChI is InChI=1S/C75H147N3O6/c1-8-14-20-26-30-42-56-70(54-40-22-16-10-3)68-83-74(81)60-46-34-38-52-66-77(64-50-24-18-12-5)72(79)58-44-32-28-36-48-62-76(7)63-49-37-29-33-45-59-73(80)78(65-51-25-19-13-6)67-53-39-35-47-61-75(82)84-69-71(55-41-23-17-11-4)57-43-31-27-21-15-9-2/h70-71H,8-69H2,1-7H3. The van der Waals surface area contributed by atoms with E-state index in [9.17, 15) is 19.2 Å². The molecule has 0 rings (SSSR count). The smallest absolute Gasteiger partial charge is 0.305 e. The first-order valence-corrected chi connectivity index (χ1v) is 37.7. The molecule has 0 N–H and O–H groups in total. The number of carbonyl (C=O) groups is 4. The molecule has 84 heavy (non-hydrogen) atoms. The summed E-state index contributed by atoms with van der Waals surface area (Å²) in [6, 6.07) is 0. The molecule has 0 aliphatic carbocycles. The molecule has 0 aromatic heterocycles. The summed E-state index contributed by atoms with van der Waals surface area (Å²) < 4.78 is 11.7. The quantitative estimate of drug-likeness (QED) is 0.0442. The Hall–Kier alpha value is -2.16. The molecule has 498 valence electrons. The van der Waals surface area contributed by atoms with Crippen molar-refractivity contribution in [3.8, 4) is 0 Å². The van der Waals surface area contributed by atoms with Gasteiger partial charge in [-0.25, -0.2) is 0 Å². The molecule has 0 aliphatic heterocycles. The van der Waals surface area contributed by atoms with Crippen LogP contribution in [0.15, 0.2) is 0 Å². The zero-order chi connectivity index (χ0) is 61.5. The van der Waals surface area contributed by atoms with Crippen molar-refractivity contribution in [3.63, 3.8) is 0 Å². The Balaban J connectivity index is 4.39. The van der Waals surface area contributed by atoms with Gasteiger partial charge in [0.05, 0.1) is 13.2 Å². The molecule has 0 saturated carbocycles. The summed E-state index contributed by atoms with van der Waals surface area (Å²) in [5.74, 6) is 1.67. The van der Waals surface area contributed by atoms with Crippen molar-refractivity contribution >= 4 is 23.8 Å². The Bertz CT molecular complexity index is 1310. The monoisotopic (exact) mass is 1190 g/mol. The van der Waals surface area contributed by atoms with Gasteiger partial charge in [-0.1, -0.05) is 273 Å². The molecular weight excluding hydrogens is 1040 g/mol. The maximum Gasteiger partial charge on any atom is 0.305 e. The summed E-state index contributed by atoms with van der Waals surface area (Å²) in [6.07, 6.45) is 62.1. The number of hydrogen-bond donors (Lipinski definition) is 0. The third-order valence-electron chi connectivity index (χ3n) is 18.1. The summed E-state index contributed by atoms with van der Waals surface area (Å²) in [7, 11) is 2.26. The fourth-order valence-electron chi connectivity index (χ4n) is 12.2. The van der Waals surface area contributed by atoms with Gasteiger partial charge in [-0.3, -0.25) is 19.2 Å². The third kappa shape index (κ3) is 56.4. The van der Waals surface area contributed by atoms with Gasteiger partial charge in [0.15, 0.2) is 0 Å². The van der Waals surface area contributed by atoms with Crippen LogP contribution >= 0.6 is 0 Å². The van der Waals surface area contributed by atoms with Crippen LogP contribution in [0.25, 0.3) is 0 Å². The van der Waals surface area contributed by atoms with Crippen molar-refractivity contribution in [2.75, 3.05) is 59.5 Å². The van der Waals surface area contributed by atoms with Crippen LogP contribution in [-0.2, 0) is 28.7 Å². The van der Waals surface area contributed by atoms with Crippen LogP contribution in [0.4, 0.5) is 0 Å². The first-order chi connectivity index (χ1) is 41.1. The van der Waals surface area contributed by atoms with Crippen molar-refractivity contribution in [3.05, 3.63) is 0 Å². The third-order valence-corrected chi connectivity index (χ3v) is 18.1. The lowest BCUT2D eigenvalue weighted by molar-refractivity contribution is -0.146. The normalized spacial score (nSPS) is 12.3. The molecular formula is C75H147N3O6. The Morgan fingerprint density at radius 3 is 0.774 bits per heavy atom. The highest BCUT2D eigenvalue weighted by molar-refractivity contribution is 5.76. The second kappa shape index (κ2) is 65.3. The molecule has 9 heteroatoms. The minimum atomic E-state index is -0.0207. The highest BCUT2D eigenvalue weighted by atomic mass is 16.5. The van der Waals surface area contributed by atoms with Crippen LogP contribution in [0, 0.1) is 11.8 Å². The molecule has 0 fully saturated rings. The molecule has 0 saturated heterocycles. The largest absolute Gasteiger partial charge is 0.465 e. The zero-order valence-corrected chi connectivity index (χ0v) is 57.8. The second-order valence-corrected chi connectivity index (χ2v) is 26.5.